The average Bonchev–Trinajstić information content (AvgIpc) is 2.71. The SMILES string of the molecule is CC[C@H](Oc1ccc2c(c1)CCCC2)C(=O)N[C@H](C)c1ccc(C(C)(C)C)cc1. The summed E-state index contributed by atoms with van der Waals surface area (Å²) in [4.78, 5) is 12.8. The van der Waals surface area contributed by atoms with Gasteiger partial charge in [0.25, 0.3) is 5.91 Å². The van der Waals surface area contributed by atoms with E-state index in [1.54, 1.807) is 0 Å². The molecular formula is C26H35NO2. The summed E-state index contributed by atoms with van der Waals surface area (Å²) in [5.41, 5.74) is 5.32. The molecule has 0 saturated heterocycles. The highest BCUT2D eigenvalue weighted by Crippen LogP contribution is 2.27. The van der Waals surface area contributed by atoms with Gasteiger partial charge in [-0.05, 0) is 78.8 Å². The molecule has 3 nitrogen and oxygen atoms in total. The predicted molar refractivity (Wildman–Crippen MR) is 119 cm³/mol. The van der Waals surface area contributed by atoms with Crippen molar-refractivity contribution in [1.29, 1.82) is 0 Å². The fourth-order valence-corrected chi connectivity index (χ4v) is 3.93. The highest BCUT2D eigenvalue weighted by atomic mass is 16.5. The first-order chi connectivity index (χ1) is 13.8. The van der Waals surface area contributed by atoms with Gasteiger partial charge in [0.05, 0.1) is 6.04 Å². The molecule has 1 amide bonds. The van der Waals surface area contributed by atoms with Crippen molar-refractivity contribution in [2.24, 2.45) is 0 Å². The van der Waals surface area contributed by atoms with E-state index in [0.29, 0.717) is 6.42 Å². The van der Waals surface area contributed by atoms with Crippen molar-refractivity contribution in [3.63, 3.8) is 0 Å². The number of ether oxygens (including phenoxy) is 1. The summed E-state index contributed by atoms with van der Waals surface area (Å²) in [6, 6.07) is 14.8. The third kappa shape index (κ3) is 5.41. The smallest absolute Gasteiger partial charge is 0.261 e. The molecule has 0 aromatic heterocycles. The van der Waals surface area contributed by atoms with Crippen molar-refractivity contribution >= 4 is 5.91 Å². The molecule has 0 bridgehead atoms. The minimum absolute atomic E-state index is 0.0577. The van der Waals surface area contributed by atoms with Crippen LogP contribution in [0.5, 0.6) is 5.75 Å². The van der Waals surface area contributed by atoms with Crippen molar-refractivity contribution in [3.8, 4) is 5.75 Å². The number of carbonyl (C=O) groups excluding carboxylic acids is 1. The van der Waals surface area contributed by atoms with Gasteiger partial charge in [0.2, 0.25) is 0 Å². The fourth-order valence-electron chi connectivity index (χ4n) is 3.93. The molecule has 0 radical (unpaired) electrons. The topological polar surface area (TPSA) is 38.3 Å². The van der Waals surface area contributed by atoms with Crippen molar-refractivity contribution in [2.45, 2.75) is 84.3 Å². The molecule has 0 spiro atoms. The largest absolute Gasteiger partial charge is 0.481 e. The van der Waals surface area contributed by atoms with Crippen LogP contribution in [0, 0.1) is 0 Å². The highest BCUT2D eigenvalue weighted by molar-refractivity contribution is 5.81. The molecule has 0 fully saturated rings. The summed E-state index contributed by atoms with van der Waals surface area (Å²) >= 11 is 0. The van der Waals surface area contributed by atoms with Crippen LogP contribution in [0.15, 0.2) is 42.5 Å². The Kier molecular flexibility index (Phi) is 6.66. The van der Waals surface area contributed by atoms with Crippen molar-refractivity contribution in [2.75, 3.05) is 0 Å². The lowest BCUT2D eigenvalue weighted by atomic mass is 9.86. The van der Waals surface area contributed by atoms with E-state index in [0.717, 1.165) is 24.2 Å². The minimum atomic E-state index is -0.479. The molecule has 29 heavy (non-hydrogen) atoms. The van der Waals surface area contributed by atoms with E-state index in [1.165, 1.54) is 29.5 Å². The van der Waals surface area contributed by atoms with Gasteiger partial charge in [-0.15, -0.1) is 0 Å². The standard InChI is InChI=1S/C26H35NO2/c1-6-24(29-23-16-13-20-9-7-8-10-21(20)17-23)25(28)27-18(2)19-11-14-22(15-12-19)26(3,4)5/h11-18,24H,6-10H2,1-5H3,(H,27,28)/t18-,24+/m1/s1. The molecule has 1 aliphatic carbocycles. The Morgan fingerprint density at radius 3 is 2.31 bits per heavy atom. The second-order valence-electron chi connectivity index (χ2n) is 9.25. The van der Waals surface area contributed by atoms with Crippen LogP contribution in [0.3, 0.4) is 0 Å². The minimum Gasteiger partial charge on any atom is -0.481 e. The third-order valence-electron chi connectivity index (χ3n) is 5.90. The molecule has 1 aliphatic rings. The van der Waals surface area contributed by atoms with Crippen LogP contribution in [-0.2, 0) is 23.1 Å². The van der Waals surface area contributed by atoms with Crippen LogP contribution in [0.1, 0.15) is 82.2 Å². The van der Waals surface area contributed by atoms with E-state index in [4.69, 9.17) is 4.74 Å². The maximum Gasteiger partial charge on any atom is 0.261 e. The summed E-state index contributed by atoms with van der Waals surface area (Å²) in [6.07, 6.45) is 4.92. The molecule has 3 rings (SSSR count). The van der Waals surface area contributed by atoms with Gasteiger partial charge in [0, 0.05) is 0 Å². The van der Waals surface area contributed by atoms with Crippen molar-refractivity contribution in [3.05, 3.63) is 64.7 Å². The Bertz CT molecular complexity index is 833. The van der Waals surface area contributed by atoms with Crippen LogP contribution < -0.4 is 10.1 Å². The number of nitrogens with one attached hydrogen (secondary N) is 1. The van der Waals surface area contributed by atoms with Gasteiger partial charge in [-0.1, -0.05) is 58.0 Å². The number of benzene rings is 2. The summed E-state index contributed by atoms with van der Waals surface area (Å²) in [5, 5.41) is 3.12. The van der Waals surface area contributed by atoms with Gasteiger partial charge in [-0.25, -0.2) is 0 Å². The Morgan fingerprint density at radius 2 is 1.69 bits per heavy atom. The lowest BCUT2D eigenvalue weighted by Gasteiger charge is -2.23. The lowest BCUT2D eigenvalue weighted by molar-refractivity contribution is -0.128. The average molecular weight is 394 g/mol. The normalized spacial score (nSPS) is 15.9. The second-order valence-corrected chi connectivity index (χ2v) is 9.25. The van der Waals surface area contributed by atoms with Gasteiger partial charge in [-0.2, -0.15) is 0 Å². The molecule has 156 valence electrons. The van der Waals surface area contributed by atoms with Crippen LogP contribution in [0.4, 0.5) is 0 Å². The Hall–Kier alpha value is -2.29. The monoisotopic (exact) mass is 393 g/mol. The van der Waals surface area contributed by atoms with Crippen molar-refractivity contribution < 1.29 is 9.53 Å². The van der Waals surface area contributed by atoms with Gasteiger partial charge >= 0.3 is 0 Å². The molecule has 2 aromatic rings. The van der Waals surface area contributed by atoms with Gasteiger partial charge in [0.1, 0.15) is 5.75 Å². The van der Waals surface area contributed by atoms with Gasteiger partial charge < -0.3 is 10.1 Å². The molecule has 0 unspecified atom stereocenters. The Labute approximate surface area is 175 Å². The summed E-state index contributed by atoms with van der Waals surface area (Å²) in [5.74, 6) is 0.743. The van der Waals surface area contributed by atoms with Crippen molar-refractivity contribution in [1.82, 2.24) is 5.32 Å². The summed E-state index contributed by atoms with van der Waals surface area (Å²) in [6.45, 7) is 10.6. The van der Waals surface area contributed by atoms with E-state index < -0.39 is 6.10 Å². The van der Waals surface area contributed by atoms with E-state index in [1.807, 2.05) is 19.9 Å². The third-order valence-corrected chi connectivity index (χ3v) is 5.90. The lowest BCUT2D eigenvalue weighted by Crippen LogP contribution is -2.39. The van der Waals surface area contributed by atoms with E-state index in [-0.39, 0.29) is 17.4 Å². The second kappa shape index (κ2) is 9.02. The molecule has 2 atom stereocenters. The molecule has 3 heteroatoms. The number of aryl methyl sites for hydroxylation is 2. The highest BCUT2D eigenvalue weighted by Gasteiger charge is 2.22. The first kappa shape index (κ1) is 21.4. The van der Waals surface area contributed by atoms with Crippen LogP contribution >= 0.6 is 0 Å². The zero-order valence-corrected chi connectivity index (χ0v) is 18.5. The van der Waals surface area contributed by atoms with Crippen LogP contribution in [0.25, 0.3) is 0 Å². The zero-order valence-electron chi connectivity index (χ0n) is 18.5. The number of hydrogen-bond acceptors (Lipinski definition) is 2. The first-order valence-electron chi connectivity index (χ1n) is 11.0. The summed E-state index contributed by atoms with van der Waals surface area (Å²) in [7, 11) is 0. The summed E-state index contributed by atoms with van der Waals surface area (Å²) < 4.78 is 6.08. The van der Waals surface area contributed by atoms with E-state index in [9.17, 15) is 4.79 Å². The molecule has 2 aromatic carbocycles. The van der Waals surface area contributed by atoms with Gasteiger partial charge in [0.15, 0.2) is 6.10 Å². The first-order valence-corrected chi connectivity index (χ1v) is 11.0. The molecule has 0 aliphatic heterocycles. The number of rotatable bonds is 6. The zero-order chi connectivity index (χ0) is 21.0. The fraction of sp³-hybridized carbons (Fsp3) is 0.500. The molecule has 0 heterocycles. The molecule has 0 saturated carbocycles. The molecule has 1 N–H and O–H groups in total. The van der Waals surface area contributed by atoms with Crippen LogP contribution in [-0.4, -0.2) is 12.0 Å². The number of fused-ring (bicyclic) bond motifs is 1. The number of hydrogen-bond donors (Lipinski definition) is 1. The van der Waals surface area contributed by atoms with E-state index in [2.05, 4.69) is 62.5 Å². The quantitative estimate of drug-likeness (QED) is 0.664. The predicted octanol–water partition coefficient (Wildman–Crippen LogP) is 5.90. The Balaban J connectivity index is 1.63. The Morgan fingerprint density at radius 1 is 1.03 bits per heavy atom. The molecular weight excluding hydrogens is 358 g/mol. The number of carbonyl (C=O) groups is 1. The maximum absolute atomic E-state index is 12.8. The van der Waals surface area contributed by atoms with Gasteiger partial charge in [-0.3, -0.25) is 4.79 Å². The maximum atomic E-state index is 12.8. The van der Waals surface area contributed by atoms with Crippen LogP contribution in [0.2, 0.25) is 0 Å². The van der Waals surface area contributed by atoms with E-state index >= 15 is 0 Å². The number of amides is 1.